The number of allylic oxidation sites excluding steroid dienone is 4. The van der Waals surface area contributed by atoms with Crippen molar-refractivity contribution in [2.45, 2.75) is 49.1 Å². The van der Waals surface area contributed by atoms with E-state index in [1.807, 2.05) is 35.0 Å². The molecule has 2 heterocycles. The number of ether oxygens (including phenoxy) is 1. The van der Waals surface area contributed by atoms with Gasteiger partial charge < -0.3 is 14.9 Å². The molecule has 1 aliphatic carbocycles. The average molecular weight is 585 g/mol. The van der Waals surface area contributed by atoms with Crippen LogP contribution in [-0.2, 0) is 23.3 Å². The molecule has 1 unspecified atom stereocenters. The van der Waals surface area contributed by atoms with Crippen molar-refractivity contribution in [1.29, 1.82) is 0 Å². The number of methoxy groups -OCH3 is 1. The number of aromatic hydroxyl groups is 2. The molecule has 0 amide bonds. The van der Waals surface area contributed by atoms with E-state index in [9.17, 15) is 14.6 Å². The van der Waals surface area contributed by atoms with Gasteiger partial charge in [-0.2, -0.15) is 0 Å². The van der Waals surface area contributed by atoms with Crippen LogP contribution in [0.25, 0.3) is 17.1 Å². The van der Waals surface area contributed by atoms with Crippen molar-refractivity contribution in [3.63, 3.8) is 0 Å². The molecule has 1 atom stereocenters. The molecule has 2 aromatic heterocycles. The number of thioether (sulfide) groups is 1. The molecule has 0 saturated heterocycles. The Balaban J connectivity index is 1.54. The van der Waals surface area contributed by atoms with Crippen molar-refractivity contribution in [2.75, 3.05) is 7.11 Å². The summed E-state index contributed by atoms with van der Waals surface area (Å²) in [4.78, 5) is 4.22. The van der Waals surface area contributed by atoms with Gasteiger partial charge in [-0.25, -0.2) is 4.39 Å². The maximum absolute atomic E-state index is 13.4. The highest BCUT2D eigenvalue weighted by Gasteiger charge is 2.22. The van der Waals surface area contributed by atoms with E-state index in [2.05, 4.69) is 27.8 Å². The van der Waals surface area contributed by atoms with Crippen molar-refractivity contribution in [1.82, 2.24) is 19.7 Å². The van der Waals surface area contributed by atoms with Crippen molar-refractivity contribution < 1.29 is 19.3 Å². The summed E-state index contributed by atoms with van der Waals surface area (Å²) in [6, 6.07) is 13.3. The number of nitrogens with zero attached hydrogens (tertiary/aromatic N) is 4. The van der Waals surface area contributed by atoms with Crippen LogP contribution in [0.2, 0.25) is 0 Å². The van der Waals surface area contributed by atoms with Crippen LogP contribution in [0, 0.1) is 5.82 Å². The highest BCUT2D eigenvalue weighted by molar-refractivity contribution is 7.98. The summed E-state index contributed by atoms with van der Waals surface area (Å²) in [5, 5.41) is 31.4. The van der Waals surface area contributed by atoms with Gasteiger partial charge in [0, 0.05) is 37.0 Å². The number of pyridine rings is 1. The van der Waals surface area contributed by atoms with E-state index in [0.29, 0.717) is 40.7 Å². The molecule has 4 aromatic rings. The zero-order valence-corrected chi connectivity index (χ0v) is 24.2. The Kier molecular flexibility index (Phi) is 9.51. The van der Waals surface area contributed by atoms with Crippen LogP contribution < -0.4 is 0 Å². The third-order valence-corrected chi connectivity index (χ3v) is 8.17. The van der Waals surface area contributed by atoms with Gasteiger partial charge in [0.15, 0.2) is 11.0 Å². The number of hydrogen-bond acceptors (Lipinski definition) is 7. The van der Waals surface area contributed by atoms with Crippen molar-refractivity contribution in [3.05, 3.63) is 114 Å². The highest BCUT2D eigenvalue weighted by Crippen LogP contribution is 2.38. The molecule has 0 bridgehead atoms. The van der Waals surface area contributed by atoms with E-state index >= 15 is 0 Å². The SMILES string of the molecule is C=C1/C=C\C(n2c(SCc3cccnc3)nnc2-c2cc(CCc3ccc(F)cc3)c(O)cc2O)=C/CCC(OC)C1. The molecule has 0 radical (unpaired) electrons. The first-order valence-electron chi connectivity index (χ1n) is 13.8. The number of hydrogen-bond donors (Lipinski definition) is 2. The molecule has 0 saturated carbocycles. The highest BCUT2D eigenvalue weighted by atomic mass is 32.2. The Morgan fingerprint density at radius 2 is 1.88 bits per heavy atom. The Morgan fingerprint density at radius 3 is 2.64 bits per heavy atom. The number of aromatic nitrogens is 4. The van der Waals surface area contributed by atoms with Gasteiger partial charge in [-0.05, 0) is 79.1 Å². The topological polar surface area (TPSA) is 93.3 Å². The van der Waals surface area contributed by atoms with Gasteiger partial charge in [-0.3, -0.25) is 9.55 Å². The summed E-state index contributed by atoms with van der Waals surface area (Å²) in [7, 11) is 1.72. The fourth-order valence-corrected chi connectivity index (χ4v) is 5.74. The summed E-state index contributed by atoms with van der Waals surface area (Å²) in [5.74, 6) is 0.672. The van der Waals surface area contributed by atoms with Gasteiger partial charge in [0.2, 0.25) is 0 Å². The van der Waals surface area contributed by atoms with E-state index < -0.39 is 0 Å². The van der Waals surface area contributed by atoms with Gasteiger partial charge in [-0.15, -0.1) is 10.2 Å². The molecular weight excluding hydrogens is 551 g/mol. The maximum Gasteiger partial charge on any atom is 0.196 e. The van der Waals surface area contributed by atoms with E-state index in [0.717, 1.165) is 41.7 Å². The smallest absolute Gasteiger partial charge is 0.196 e. The molecule has 0 aliphatic heterocycles. The van der Waals surface area contributed by atoms with Crippen LogP contribution in [-0.4, -0.2) is 43.2 Å². The van der Waals surface area contributed by atoms with E-state index in [-0.39, 0.29) is 23.4 Å². The zero-order chi connectivity index (χ0) is 29.5. The van der Waals surface area contributed by atoms with Gasteiger partial charge in [0.25, 0.3) is 0 Å². The first-order valence-corrected chi connectivity index (χ1v) is 14.8. The number of halogens is 1. The molecule has 42 heavy (non-hydrogen) atoms. The molecule has 7 nitrogen and oxygen atoms in total. The lowest BCUT2D eigenvalue weighted by Crippen LogP contribution is -2.10. The zero-order valence-electron chi connectivity index (χ0n) is 23.4. The number of benzene rings is 2. The van der Waals surface area contributed by atoms with Gasteiger partial charge in [-0.1, -0.05) is 54.3 Å². The summed E-state index contributed by atoms with van der Waals surface area (Å²) in [6.45, 7) is 4.20. The minimum atomic E-state index is -0.292. The predicted octanol–water partition coefficient (Wildman–Crippen LogP) is 7.12. The van der Waals surface area contributed by atoms with Crippen LogP contribution in [0.4, 0.5) is 4.39 Å². The minimum absolute atomic E-state index is 0.0148. The fourth-order valence-electron chi connectivity index (χ4n) is 4.85. The average Bonchev–Trinajstić information content (AvgIpc) is 3.44. The first kappa shape index (κ1) is 29.3. The van der Waals surface area contributed by atoms with Crippen LogP contribution in [0.15, 0.2) is 96.5 Å². The molecule has 2 aromatic carbocycles. The van der Waals surface area contributed by atoms with Crippen LogP contribution in [0.3, 0.4) is 0 Å². The minimum Gasteiger partial charge on any atom is -0.508 e. The Bertz CT molecular complexity index is 1600. The van der Waals surface area contributed by atoms with Crippen molar-refractivity contribution >= 4 is 17.5 Å². The lowest BCUT2D eigenvalue weighted by molar-refractivity contribution is 0.0972. The molecule has 0 spiro atoms. The summed E-state index contributed by atoms with van der Waals surface area (Å²) in [5.41, 5.74) is 4.88. The molecular formula is C33H33FN4O3S. The molecule has 2 N–H and O–H groups in total. The molecule has 9 heteroatoms. The normalized spacial score (nSPS) is 17.6. The van der Waals surface area contributed by atoms with E-state index in [1.165, 1.54) is 30.0 Å². The second kappa shape index (κ2) is 13.6. The van der Waals surface area contributed by atoms with Gasteiger partial charge >= 0.3 is 0 Å². The second-order valence-electron chi connectivity index (χ2n) is 10.2. The summed E-state index contributed by atoms with van der Waals surface area (Å²) < 4.78 is 20.9. The molecule has 0 fully saturated rings. The first-order chi connectivity index (χ1) is 20.4. The second-order valence-corrected chi connectivity index (χ2v) is 11.1. The number of rotatable bonds is 9. The van der Waals surface area contributed by atoms with Crippen LogP contribution in [0.5, 0.6) is 11.5 Å². The van der Waals surface area contributed by atoms with Gasteiger partial charge in [0.05, 0.1) is 11.7 Å². The third kappa shape index (κ3) is 7.16. The standard InChI is InChI=1S/C33H33FN4O3S/c1-22-8-15-27(6-3-7-28(17-22)41-2)38-32(36-37-33(38)42-21-24-5-4-16-35-20-24)29-18-25(30(39)19-31(29)40)12-9-23-10-13-26(34)14-11-23/h4-6,8,10-11,13-16,18-20,28,39-40H,1,3,7,9,12,17,21H2,2H3/b15-8-,27-6+. The Labute approximate surface area is 249 Å². The monoisotopic (exact) mass is 584 g/mol. The molecule has 5 rings (SSSR count). The van der Waals surface area contributed by atoms with Crippen LogP contribution in [0.1, 0.15) is 36.0 Å². The van der Waals surface area contributed by atoms with E-state index in [1.54, 1.807) is 31.5 Å². The lowest BCUT2D eigenvalue weighted by Gasteiger charge is -2.14. The molecule has 1 aliphatic rings. The predicted molar refractivity (Wildman–Crippen MR) is 164 cm³/mol. The quantitative estimate of drug-likeness (QED) is 0.202. The fraction of sp³-hybridized carbons (Fsp3) is 0.242. The van der Waals surface area contributed by atoms with Crippen molar-refractivity contribution in [3.8, 4) is 22.9 Å². The summed E-state index contributed by atoms with van der Waals surface area (Å²) >= 11 is 1.52. The Morgan fingerprint density at radius 1 is 1.05 bits per heavy atom. The number of phenolic OH excluding ortho intramolecular Hbond substituents is 2. The van der Waals surface area contributed by atoms with Crippen molar-refractivity contribution in [2.24, 2.45) is 0 Å². The number of aryl methyl sites for hydroxylation is 2. The maximum atomic E-state index is 13.4. The number of phenols is 2. The molecule has 216 valence electrons. The van der Waals surface area contributed by atoms with Crippen LogP contribution >= 0.6 is 11.8 Å². The van der Waals surface area contributed by atoms with E-state index in [4.69, 9.17) is 4.74 Å². The third-order valence-electron chi connectivity index (χ3n) is 7.17. The summed E-state index contributed by atoms with van der Waals surface area (Å²) in [6.07, 6.45) is 13.1. The van der Waals surface area contributed by atoms with Gasteiger partial charge in [0.1, 0.15) is 17.3 Å². The Hall–Kier alpha value is -4.21. The largest absolute Gasteiger partial charge is 0.508 e. The lowest BCUT2D eigenvalue weighted by atomic mass is 10.0.